The Balaban J connectivity index is 2.04. The average molecular weight is 381 g/mol. The van der Waals surface area contributed by atoms with E-state index < -0.39 is 12.1 Å². The third-order valence-corrected chi connectivity index (χ3v) is 4.26. The molecule has 0 saturated carbocycles. The van der Waals surface area contributed by atoms with Crippen LogP contribution in [0.15, 0.2) is 60.7 Å². The van der Waals surface area contributed by atoms with Gasteiger partial charge in [-0.3, -0.25) is 0 Å². The van der Waals surface area contributed by atoms with Crippen molar-refractivity contribution in [2.75, 3.05) is 5.73 Å². The molecule has 0 fully saturated rings. The number of nitrogen functional groups attached to an aromatic ring is 1. The molecule has 0 aliphatic rings. The minimum atomic E-state index is -1.21. The van der Waals surface area contributed by atoms with Crippen molar-refractivity contribution in [1.82, 2.24) is 0 Å². The molecule has 3 aromatic rings. The van der Waals surface area contributed by atoms with Crippen LogP contribution >= 0.6 is 0 Å². The van der Waals surface area contributed by atoms with Crippen molar-refractivity contribution in [1.29, 1.82) is 0 Å². The number of ether oxygens (including phenoxy) is 1. The Morgan fingerprint density at radius 2 is 1.71 bits per heavy atom. The van der Waals surface area contributed by atoms with Crippen molar-refractivity contribution in [3.63, 3.8) is 0 Å². The molecule has 7 nitrogen and oxygen atoms in total. The minimum absolute atomic E-state index is 0.0393. The van der Waals surface area contributed by atoms with Crippen LogP contribution in [-0.4, -0.2) is 26.4 Å². The number of carbonyl (C=O) groups is 1. The molecule has 7 heteroatoms. The summed E-state index contributed by atoms with van der Waals surface area (Å²) in [5, 5.41) is 39.5. The first-order valence-electron chi connectivity index (χ1n) is 8.43. The molecule has 6 N–H and O–H groups in total. The number of aromatic hydroxyl groups is 3. The largest absolute Gasteiger partial charge is 0.508 e. The van der Waals surface area contributed by atoms with Gasteiger partial charge in [-0.05, 0) is 42.5 Å². The van der Waals surface area contributed by atoms with Crippen LogP contribution < -0.4 is 10.5 Å². The summed E-state index contributed by atoms with van der Waals surface area (Å²) in [7, 11) is 0. The first kappa shape index (κ1) is 18.9. The van der Waals surface area contributed by atoms with Gasteiger partial charge in [-0.1, -0.05) is 18.2 Å². The van der Waals surface area contributed by atoms with E-state index in [1.165, 1.54) is 42.5 Å². The van der Waals surface area contributed by atoms with Crippen LogP contribution in [0.2, 0.25) is 0 Å². The van der Waals surface area contributed by atoms with Crippen molar-refractivity contribution >= 4 is 11.7 Å². The van der Waals surface area contributed by atoms with E-state index in [4.69, 9.17) is 10.5 Å². The molecule has 0 aromatic heterocycles. The van der Waals surface area contributed by atoms with Crippen LogP contribution in [0, 0.1) is 0 Å². The molecule has 0 amide bonds. The summed E-state index contributed by atoms with van der Waals surface area (Å²) in [6.07, 6.45) is -0.767. The van der Waals surface area contributed by atoms with E-state index in [-0.39, 0.29) is 40.7 Å². The monoisotopic (exact) mass is 381 g/mol. The predicted molar refractivity (Wildman–Crippen MR) is 103 cm³/mol. The lowest BCUT2D eigenvalue weighted by Crippen LogP contribution is -2.14. The number of carboxylic acid groups (broad SMARTS) is 1. The Kier molecular flexibility index (Phi) is 5.26. The number of anilines is 1. The Bertz CT molecular complexity index is 1020. The molecule has 1 atom stereocenters. The SMILES string of the molecule is Nc1ccc(OC(Cc2cc(O)ccc2O)c2ccccc2O)c(C(=O)O)c1. The van der Waals surface area contributed by atoms with Gasteiger partial charge in [0.1, 0.15) is 34.7 Å². The predicted octanol–water partition coefficient (Wildman–Crippen LogP) is 3.45. The fourth-order valence-corrected chi connectivity index (χ4v) is 2.88. The number of nitrogens with two attached hydrogens (primary N) is 1. The molecule has 0 bridgehead atoms. The van der Waals surface area contributed by atoms with Crippen LogP contribution in [0.4, 0.5) is 5.69 Å². The molecule has 3 rings (SSSR count). The minimum Gasteiger partial charge on any atom is -0.508 e. The molecule has 144 valence electrons. The van der Waals surface area contributed by atoms with Crippen molar-refractivity contribution < 1.29 is 30.0 Å². The summed E-state index contributed by atoms with van der Waals surface area (Å²) in [5.41, 5.74) is 6.60. The smallest absolute Gasteiger partial charge is 0.339 e. The average Bonchev–Trinajstić information content (AvgIpc) is 2.65. The normalized spacial score (nSPS) is 11.7. The van der Waals surface area contributed by atoms with Crippen molar-refractivity contribution in [2.24, 2.45) is 0 Å². The van der Waals surface area contributed by atoms with Gasteiger partial charge in [0.05, 0.1) is 0 Å². The quantitative estimate of drug-likeness (QED) is 0.326. The van der Waals surface area contributed by atoms with Crippen molar-refractivity contribution in [3.8, 4) is 23.0 Å². The van der Waals surface area contributed by atoms with Gasteiger partial charge < -0.3 is 30.9 Å². The standard InChI is InChI=1S/C21H19NO6/c22-13-5-8-19(16(11-13)21(26)27)28-20(15-3-1-2-4-18(15)25)10-12-9-14(23)6-7-17(12)24/h1-9,11,20,23-25H,10,22H2,(H,26,27). The number of rotatable bonds is 6. The van der Waals surface area contributed by atoms with Gasteiger partial charge in [0.15, 0.2) is 0 Å². The third kappa shape index (κ3) is 4.09. The van der Waals surface area contributed by atoms with Gasteiger partial charge in [0.2, 0.25) is 0 Å². The number of carboxylic acids is 1. The molecule has 0 aliphatic heterocycles. The third-order valence-electron chi connectivity index (χ3n) is 4.26. The van der Waals surface area contributed by atoms with E-state index >= 15 is 0 Å². The molecular weight excluding hydrogens is 362 g/mol. The lowest BCUT2D eigenvalue weighted by molar-refractivity contribution is 0.0689. The van der Waals surface area contributed by atoms with Crippen molar-refractivity contribution in [2.45, 2.75) is 12.5 Å². The van der Waals surface area contributed by atoms with E-state index in [9.17, 15) is 25.2 Å². The maximum Gasteiger partial charge on any atom is 0.339 e. The number of benzene rings is 3. The summed E-state index contributed by atoms with van der Waals surface area (Å²) in [5.74, 6) is -1.28. The van der Waals surface area contributed by atoms with Gasteiger partial charge in [-0.15, -0.1) is 0 Å². The Morgan fingerprint density at radius 3 is 2.43 bits per heavy atom. The fraction of sp³-hybridized carbons (Fsp3) is 0.0952. The summed E-state index contributed by atoms with van der Waals surface area (Å²) in [4.78, 5) is 11.6. The second-order valence-corrected chi connectivity index (χ2v) is 6.24. The summed E-state index contributed by atoms with van der Waals surface area (Å²) >= 11 is 0. The number of para-hydroxylation sites is 1. The first-order chi connectivity index (χ1) is 13.3. The van der Waals surface area contributed by atoms with Gasteiger partial charge in [-0.2, -0.15) is 0 Å². The van der Waals surface area contributed by atoms with Crippen LogP contribution in [0.25, 0.3) is 0 Å². The highest BCUT2D eigenvalue weighted by Gasteiger charge is 2.22. The number of phenolic OH excluding ortho intramolecular Hbond substituents is 3. The summed E-state index contributed by atoms with van der Waals surface area (Å²) in [6, 6.07) is 14.8. The summed E-state index contributed by atoms with van der Waals surface area (Å²) < 4.78 is 5.94. The fourth-order valence-electron chi connectivity index (χ4n) is 2.88. The maximum absolute atomic E-state index is 11.6. The molecule has 28 heavy (non-hydrogen) atoms. The van der Waals surface area contributed by atoms with E-state index in [1.54, 1.807) is 18.2 Å². The highest BCUT2D eigenvalue weighted by molar-refractivity contribution is 5.92. The van der Waals surface area contributed by atoms with Gasteiger partial charge in [0.25, 0.3) is 0 Å². The number of aromatic carboxylic acids is 1. The number of phenols is 3. The van der Waals surface area contributed by atoms with E-state index in [0.29, 0.717) is 11.1 Å². The zero-order chi connectivity index (χ0) is 20.3. The Hall–Kier alpha value is -3.87. The van der Waals surface area contributed by atoms with Gasteiger partial charge in [-0.25, -0.2) is 4.79 Å². The molecule has 0 aliphatic carbocycles. The molecule has 0 radical (unpaired) electrons. The Morgan fingerprint density at radius 1 is 0.964 bits per heavy atom. The van der Waals surface area contributed by atoms with E-state index in [1.807, 2.05) is 0 Å². The molecule has 3 aromatic carbocycles. The first-order valence-corrected chi connectivity index (χ1v) is 8.43. The van der Waals surface area contributed by atoms with Gasteiger partial charge in [0, 0.05) is 23.2 Å². The van der Waals surface area contributed by atoms with E-state index in [0.717, 1.165) is 0 Å². The highest BCUT2D eigenvalue weighted by atomic mass is 16.5. The van der Waals surface area contributed by atoms with Gasteiger partial charge >= 0.3 is 5.97 Å². The Labute approximate surface area is 160 Å². The second-order valence-electron chi connectivity index (χ2n) is 6.24. The zero-order valence-electron chi connectivity index (χ0n) is 14.7. The molecule has 0 spiro atoms. The molecule has 1 unspecified atom stereocenters. The lowest BCUT2D eigenvalue weighted by Gasteiger charge is -2.22. The topological polar surface area (TPSA) is 133 Å². The second kappa shape index (κ2) is 7.79. The van der Waals surface area contributed by atoms with Crippen LogP contribution in [0.5, 0.6) is 23.0 Å². The van der Waals surface area contributed by atoms with E-state index in [2.05, 4.69) is 0 Å². The highest BCUT2D eigenvalue weighted by Crippen LogP contribution is 2.35. The number of hydrogen-bond donors (Lipinski definition) is 5. The molecule has 0 heterocycles. The summed E-state index contributed by atoms with van der Waals surface area (Å²) in [6.45, 7) is 0. The number of hydrogen-bond acceptors (Lipinski definition) is 6. The maximum atomic E-state index is 11.6. The lowest BCUT2D eigenvalue weighted by atomic mass is 9.99. The van der Waals surface area contributed by atoms with Crippen LogP contribution in [-0.2, 0) is 6.42 Å². The molecular formula is C21H19NO6. The van der Waals surface area contributed by atoms with Crippen molar-refractivity contribution in [3.05, 3.63) is 77.4 Å². The molecule has 0 saturated heterocycles. The zero-order valence-corrected chi connectivity index (χ0v) is 14.7. The van der Waals surface area contributed by atoms with Crippen LogP contribution in [0.3, 0.4) is 0 Å². The van der Waals surface area contributed by atoms with Crippen LogP contribution in [0.1, 0.15) is 27.6 Å².